The predicted octanol–water partition coefficient (Wildman–Crippen LogP) is 3.48. The maximum absolute atomic E-state index is 13.9. The summed E-state index contributed by atoms with van der Waals surface area (Å²) in [6.45, 7) is 5.94. The van der Waals surface area contributed by atoms with Gasteiger partial charge in [0, 0.05) is 13.1 Å². The fourth-order valence-electron chi connectivity index (χ4n) is 3.12. The first-order chi connectivity index (χ1) is 12.1. The molecule has 6 nitrogen and oxygen atoms in total. The van der Waals surface area contributed by atoms with Crippen LogP contribution in [0.2, 0.25) is 0 Å². The van der Waals surface area contributed by atoms with Crippen molar-refractivity contribution in [3.63, 3.8) is 0 Å². The molecule has 1 aliphatic heterocycles. The average molecular weight is 367 g/mol. The highest BCUT2D eigenvalue weighted by molar-refractivity contribution is 5.76. The maximum Gasteiger partial charge on any atom is 0.410 e. The van der Waals surface area contributed by atoms with Crippen molar-refractivity contribution in [3.8, 4) is 5.75 Å². The Morgan fingerprint density at radius 2 is 1.88 bits per heavy atom. The topological polar surface area (TPSA) is 76.1 Å². The van der Waals surface area contributed by atoms with Gasteiger partial charge in [-0.1, -0.05) is 6.07 Å². The van der Waals surface area contributed by atoms with Gasteiger partial charge in [-0.15, -0.1) is 0 Å². The van der Waals surface area contributed by atoms with E-state index in [2.05, 4.69) is 0 Å². The molecule has 0 unspecified atom stereocenters. The first-order valence-electron chi connectivity index (χ1n) is 8.60. The van der Waals surface area contributed by atoms with Crippen molar-refractivity contribution < 1.29 is 28.6 Å². The molecule has 0 spiro atoms. The Morgan fingerprint density at radius 3 is 2.35 bits per heavy atom. The van der Waals surface area contributed by atoms with E-state index in [0.717, 1.165) is 0 Å². The molecule has 0 aliphatic carbocycles. The van der Waals surface area contributed by atoms with Crippen LogP contribution in [0.1, 0.15) is 39.2 Å². The summed E-state index contributed by atoms with van der Waals surface area (Å²) in [6, 6.07) is 4.48. The molecule has 7 heteroatoms. The third-order valence-corrected chi connectivity index (χ3v) is 4.58. The molecule has 0 saturated carbocycles. The summed E-state index contributed by atoms with van der Waals surface area (Å²) in [7, 11) is 1.38. The number of carbonyl (C=O) groups is 2. The number of benzene rings is 1. The summed E-state index contributed by atoms with van der Waals surface area (Å²) < 4.78 is 24.1. The van der Waals surface area contributed by atoms with Crippen molar-refractivity contribution in [2.24, 2.45) is 5.41 Å². The van der Waals surface area contributed by atoms with Crippen molar-refractivity contribution in [2.45, 2.75) is 45.6 Å². The molecule has 1 amide bonds. The van der Waals surface area contributed by atoms with Crippen LogP contribution in [0.25, 0.3) is 0 Å². The molecule has 1 fully saturated rings. The van der Waals surface area contributed by atoms with Crippen molar-refractivity contribution >= 4 is 12.1 Å². The molecule has 1 aromatic carbocycles. The van der Waals surface area contributed by atoms with Crippen LogP contribution in [0.3, 0.4) is 0 Å². The van der Waals surface area contributed by atoms with Gasteiger partial charge >= 0.3 is 12.1 Å². The number of aliphatic carboxylic acids is 1. The van der Waals surface area contributed by atoms with Gasteiger partial charge in [0.05, 0.1) is 12.5 Å². The minimum Gasteiger partial charge on any atom is -0.494 e. The number of rotatable bonds is 4. The summed E-state index contributed by atoms with van der Waals surface area (Å²) >= 11 is 0. The average Bonchev–Trinajstić information content (AvgIpc) is 2.54. The molecule has 1 aromatic rings. The predicted molar refractivity (Wildman–Crippen MR) is 93.8 cm³/mol. The van der Waals surface area contributed by atoms with E-state index in [0.29, 0.717) is 18.7 Å². The number of methoxy groups -OCH3 is 1. The van der Waals surface area contributed by atoms with Gasteiger partial charge in [-0.25, -0.2) is 9.18 Å². The minimum absolute atomic E-state index is 0.123. The fourth-order valence-corrected chi connectivity index (χ4v) is 3.12. The Kier molecular flexibility index (Phi) is 5.78. The van der Waals surface area contributed by atoms with Crippen molar-refractivity contribution in [1.29, 1.82) is 0 Å². The van der Waals surface area contributed by atoms with E-state index in [4.69, 9.17) is 9.47 Å². The highest BCUT2D eigenvalue weighted by Gasteiger charge is 2.43. The Morgan fingerprint density at radius 1 is 1.27 bits per heavy atom. The third kappa shape index (κ3) is 4.65. The van der Waals surface area contributed by atoms with E-state index in [1.165, 1.54) is 24.1 Å². The van der Waals surface area contributed by atoms with E-state index < -0.39 is 28.9 Å². The zero-order chi connectivity index (χ0) is 19.5. The van der Waals surface area contributed by atoms with Crippen molar-refractivity contribution in [1.82, 2.24) is 4.90 Å². The molecule has 1 N–H and O–H groups in total. The quantitative estimate of drug-likeness (QED) is 0.882. The Bertz CT molecular complexity index is 675. The monoisotopic (exact) mass is 367 g/mol. The number of carboxylic acids is 1. The largest absolute Gasteiger partial charge is 0.494 e. The molecule has 1 aliphatic rings. The summed E-state index contributed by atoms with van der Waals surface area (Å²) in [5.74, 6) is -1.33. The zero-order valence-corrected chi connectivity index (χ0v) is 15.7. The van der Waals surface area contributed by atoms with E-state index in [1.807, 2.05) is 0 Å². The van der Waals surface area contributed by atoms with Crippen LogP contribution in [-0.4, -0.2) is 47.9 Å². The second-order valence-corrected chi connectivity index (χ2v) is 7.70. The number of halogens is 1. The van der Waals surface area contributed by atoms with Gasteiger partial charge in [0.25, 0.3) is 0 Å². The molecule has 26 heavy (non-hydrogen) atoms. The normalized spacial score (nSPS) is 16.9. The molecular weight excluding hydrogens is 341 g/mol. The lowest BCUT2D eigenvalue weighted by Gasteiger charge is -2.39. The highest BCUT2D eigenvalue weighted by Crippen LogP contribution is 2.36. The molecule has 1 saturated heterocycles. The summed E-state index contributed by atoms with van der Waals surface area (Å²) in [6.07, 6.45) is 0.336. The summed E-state index contributed by atoms with van der Waals surface area (Å²) in [5.41, 5.74) is -1.03. The summed E-state index contributed by atoms with van der Waals surface area (Å²) in [4.78, 5) is 25.6. The van der Waals surface area contributed by atoms with Crippen LogP contribution < -0.4 is 4.74 Å². The number of carbonyl (C=O) groups excluding carboxylic acids is 1. The van der Waals surface area contributed by atoms with Gasteiger partial charge in [0.15, 0.2) is 11.6 Å². The number of likely N-dealkylation sites (tertiary alicyclic amines) is 1. The third-order valence-electron chi connectivity index (χ3n) is 4.58. The van der Waals surface area contributed by atoms with Crippen molar-refractivity contribution in [2.75, 3.05) is 20.2 Å². The molecule has 1 heterocycles. The zero-order valence-electron chi connectivity index (χ0n) is 15.7. The van der Waals surface area contributed by atoms with Crippen LogP contribution in [0.5, 0.6) is 5.75 Å². The lowest BCUT2D eigenvalue weighted by molar-refractivity contribution is -0.152. The first kappa shape index (κ1) is 20.0. The van der Waals surface area contributed by atoms with E-state index in [-0.39, 0.29) is 25.0 Å². The Hall–Kier alpha value is -2.31. The molecule has 144 valence electrons. The van der Waals surface area contributed by atoms with Gasteiger partial charge in [-0.05, 0) is 57.7 Å². The molecule has 0 radical (unpaired) electrons. The van der Waals surface area contributed by atoms with Crippen LogP contribution in [0.4, 0.5) is 9.18 Å². The van der Waals surface area contributed by atoms with E-state index in [1.54, 1.807) is 26.8 Å². The number of hydrogen-bond acceptors (Lipinski definition) is 4. The number of piperidine rings is 1. The van der Waals surface area contributed by atoms with E-state index >= 15 is 0 Å². The number of hydrogen-bond donors (Lipinski definition) is 1. The Labute approximate surface area is 152 Å². The maximum atomic E-state index is 13.9. The molecule has 0 bridgehead atoms. The standard InChI is InChI=1S/C19H26FNO5/c1-18(2,3)26-17(24)21-9-7-19(8-10-21,16(22)23)12-13-5-6-15(25-4)14(20)11-13/h5-6,11H,7-10,12H2,1-4H3,(H,22,23). The van der Waals surface area contributed by atoms with Crippen LogP contribution >= 0.6 is 0 Å². The summed E-state index contributed by atoms with van der Waals surface area (Å²) in [5, 5.41) is 9.78. The molecule has 0 aromatic heterocycles. The molecular formula is C19H26FNO5. The first-order valence-corrected chi connectivity index (χ1v) is 8.60. The van der Waals surface area contributed by atoms with Crippen molar-refractivity contribution in [3.05, 3.63) is 29.6 Å². The number of ether oxygens (including phenoxy) is 2. The fraction of sp³-hybridized carbons (Fsp3) is 0.579. The van der Waals surface area contributed by atoms with Crippen LogP contribution in [0, 0.1) is 11.2 Å². The van der Waals surface area contributed by atoms with Gasteiger partial charge < -0.3 is 19.5 Å². The van der Waals surface area contributed by atoms with Gasteiger partial charge in [-0.3, -0.25) is 4.79 Å². The van der Waals surface area contributed by atoms with Crippen LogP contribution in [0.15, 0.2) is 18.2 Å². The second-order valence-electron chi connectivity index (χ2n) is 7.70. The Balaban J connectivity index is 2.09. The van der Waals surface area contributed by atoms with Crippen LogP contribution in [-0.2, 0) is 16.0 Å². The number of nitrogens with zero attached hydrogens (tertiary/aromatic N) is 1. The van der Waals surface area contributed by atoms with Gasteiger partial charge in [-0.2, -0.15) is 0 Å². The minimum atomic E-state index is -1.03. The second kappa shape index (κ2) is 7.51. The lowest BCUT2D eigenvalue weighted by Crippen LogP contribution is -2.48. The molecule has 2 rings (SSSR count). The van der Waals surface area contributed by atoms with Gasteiger partial charge in [0.2, 0.25) is 0 Å². The van der Waals surface area contributed by atoms with E-state index in [9.17, 15) is 19.1 Å². The smallest absolute Gasteiger partial charge is 0.410 e. The highest BCUT2D eigenvalue weighted by atomic mass is 19.1. The lowest BCUT2D eigenvalue weighted by atomic mass is 9.74. The SMILES string of the molecule is COc1ccc(CC2(C(=O)O)CCN(C(=O)OC(C)(C)C)CC2)cc1F. The molecule has 0 atom stereocenters. The number of carboxylic acid groups (broad SMARTS) is 1. The van der Waals surface area contributed by atoms with Gasteiger partial charge in [0.1, 0.15) is 5.60 Å². The number of amides is 1.